The van der Waals surface area contributed by atoms with Crippen molar-refractivity contribution >= 4 is 46.4 Å². The van der Waals surface area contributed by atoms with E-state index in [0.29, 0.717) is 27.3 Å². The molecule has 2 aromatic rings. The minimum atomic E-state index is -0.113. The number of nitrogens with one attached hydrogen (secondary N) is 2. The zero-order valence-electron chi connectivity index (χ0n) is 11.7. The summed E-state index contributed by atoms with van der Waals surface area (Å²) in [5, 5.41) is 6.97. The molecule has 6 heteroatoms. The molecule has 0 aliphatic carbocycles. The lowest BCUT2D eigenvalue weighted by atomic mass is 10.1. The fourth-order valence-electron chi connectivity index (χ4n) is 1.89. The van der Waals surface area contributed by atoms with E-state index in [4.69, 9.17) is 34.8 Å². The molecule has 0 radical (unpaired) electrons. The van der Waals surface area contributed by atoms with Crippen molar-refractivity contribution in [2.45, 2.75) is 6.42 Å². The van der Waals surface area contributed by atoms with Gasteiger partial charge in [-0.05, 0) is 24.1 Å². The van der Waals surface area contributed by atoms with Gasteiger partial charge >= 0.3 is 0 Å². The number of carbonyl (C=O) groups is 1. The Morgan fingerprint density at radius 3 is 2.36 bits per heavy atom. The van der Waals surface area contributed by atoms with E-state index in [-0.39, 0.29) is 12.5 Å². The molecule has 22 heavy (non-hydrogen) atoms. The van der Waals surface area contributed by atoms with Crippen molar-refractivity contribution in [1.82, 2.24) is 5.32 Å². The van der Waals surface area contributed by atoms with E-state index in [1.54, 1.807) is 12.1 Å². The van der Waals surface area contributed by atoms with Crippen LogP contribution in [0.4, 0.5) is 5.69 Å². The summed E-state index contributed by atoms with van der Waals surface area (Å²) in [6.07, 6.45) is 0.792. The van der Waals surface area contributed by atoms with E-state index in [2.05, 4.69) is 10.6 Å². The average molecular weight is 358 g/mol. The third-order valence-corrected chi connectivity index (χ3v) is 4.06. The summed E-state index contributed by atoms with van der Waals surface area (Å²) < 4.78 is 0. The highest BCUT2D eigenvalue weighted by Gasteiger charge is 2.07. The molecule has 2 aromatic carbocycles. The van der Waals surface area contributed by atoms with Gasteiger partial charge in [-0.1, -0.05) is 65.1 Å². The van der Waals surface area contributed by atoms with E-state index in [1.807, 2.05) is 30.3 Å². The van der Waals surface area contributed by atoms with Crippen molar-refractivity contribution in [2.24, 2.45) is 0 Å². The Bertz CT molecular complexity index is 647. The number of hydrogen-bond acceptors (Lipinski definition) is 2. The van der Waals surface area contributed by atoms with Crippen LogP contribution in [0.3, 0.4) is 0 Å². The van der Waals surface area contributed by atoms with Gasteiger partial charge in [0.05, 0.1) is 27.3 Å². The number of hydrogen-bond donors (Lipinski definition) is 2. The summed E-state index contributed by atoms with van der Waals surface area (Å²) in [7, 11) is 0. The molecule has 0 unspecified atom stereocenters. The smallest absolute Gasteiger partial charge is 0.239 e. The summed E-state index contributed by atoms with van der Waals surface area (Å²) in [6.45, 7) is 0.700. The Balaban J connectivity index is 1.77. The van der Waals surface area contributed by atoms with Crippen LogP contribution in [0, 0.1) is 0 Å². The molecule has 0 fully saturated rings. The Hall–Kier alpha value is -1.42. The third kappa shape index (κ3) is 5.09. The monoisotopic (exact) mass is 356 g/mol. The summed E-state index contributed by atoms with van der Waals surface area (Å²) in [5.74, 6) is -0.113. The van der Waals surface area contributed by atoms with Gasteiger partial charge in [0.1, 0.15) is 0 Å². The van der Waals surface area contributed by atoms with Crippen molar-refractivity contribution in [3.05, 3.63) is 63.1 Å². The number of carbonyl (C=O) groups excluding carboxylic acids is 1. The number of rotatable bonds is 6. The van der Waals surface area contributed by atoms with Crippen molar-refractivity contribution in [3.8, 4) is 0 Å². The lowest BCUT2D eigenvalue weighted by Crippen LogP contribution is -2.31. The maximum atomic E-state index is 11.8. The molecule has 0 atom stereocenters. The van der Waals surface area contributed by atoms with Crippen LogP contribution < -0.4 is 10.6 Å². The van der Waals surface area contributed by atoms with Crippen molar-refractivity contribution < 1.29 is 4.79 Å². The second-order valence-electron chi connectivity index (χ2n) is 4.69. The number of benzene rings is 2. The maximum absolute atomic E-state index is 11.8. The van der Waals surface area contributed by atoms with Gasteiger partial charge in [-0.15, -0.1) is 0 Å². The van der Waals surface area contributed by atoms with Crippen LogP contribution in [0.1, 0.15) is 5.56 Å². The van der Waals surface area contributed by atoms with Gasteiger partial charge in [-0.25, -0.2) is 0 Å². The maximum Gasteiger partial charge on any atom is 0.239 e. The van der Waals surface area contributed by atoms with Crippen LogP contribution in [0.25, 0.3) is 0 Å². The van der Waals surface area contributed by atoms with Gasteiger partial charge in [0, 0.05) is 6.54 Å². The van der Waals surface area contributed by atoms with E-state index in [0.717, 1.165) is 6.42 Å². The highest BCUT2D eigenvalue weighted by molar-refractivity contribution is 6.44. The number of amides is 1. The summed E-state index contributed by atoms with van der Waals surface area (Å²) in [6, 6.07) is 13.1. The van der Waals surface area contributed by atoms with Crippen LogP contribution in [-0.2, 0) is 11.2 Å². The van der Waals surface area contributed by atoms with Gasteiger partial charge in [0.25, 0.3) is 0 Å². The Labute approximate surface area is 144 Å². The van der Waals surface area contributed by atoms with Crippen molar-refractivity contribution in [3.63, 3.8) is 0 Å². The van der Waals surface area contributed by atoms with Crippen molar-refractivity contribution in [2.75, 3.05) is 18.4 Å². The third-order valence-electron chi connectivity index (χ3n) is 3.03. The molecular weight excluding hydrogens is 343 g/mol. The van der Waals surface area contributed by atoms with E-state index < -0.39 is 0 Å². The first-order chi connectivity index (χ1) is 10.6. The molecule has 0 saturated carbocycles. The van der Waals surface area contributed by atoms with E-state index in [1.165, 1.54) is 5.56 Å². The number of halogens is 3. The second kappa shape index (κ2) is 8.28. The summed E-state index contributed by atoms with van der Waals surface area (Å²) >= 11 is 17.8. The van der Waals surface area contributed by atoms with Crippen LogP contribution >= 0.6 is 34.8 Å². The molecule has 0 aliphatic rings. The van der Waals surface area contributed by atoms with Crippen molar-refractivity contribution in [1.29, 1.82) is 0 Å². The van der Waals surface area contributed by atoms with Crippen LogP contribution in [0.15, 0.2) is 42.5 Å². The summed E-state index contributed by atoms with van der Waals surface area (Å²) in [4.78, 5) is 11.8. The molecular formula is C16H15Cl3N2O. The summed E-state index contributed by atoms with van der Waals surface area (Å²) in [5.41, 5.74) is 1.76. The normalized spacial score (nSPS) is 10.3. The second-order valence-corrected chi connectivity index (χ2v) is 5.91. The highest BCUT2D eigenvalue weighted by Crippen LogP contribution is 2.31. The Morgan fingerprint density at radius 1 is 0.955 bits per heavy atom. The van der Waals surface area contributed by atoms with E-state index in [9.17, 15) is 4.79 Å². The molecule has 1 amide bonds. The molecule has 3 nitrogen and oxygen atoms in total. The lowest BCUT2D eigenvalue weighted by molar-refractivity contribution is -0.119. The topological polar surface area (TPSA) is 41.1 Å². The van der Waals surface area contributed by atoms with Crippen LogP contribution in [0.5, 0.6) is 0 Å². The molecule has 2 N–H and O–H groups in total. The standard InChI is InChI=1S/C16H15Cl3N2O/c17-12-8-14(19)15(9-13(12)18)21-10-16(22)20-7-6-11-4-2-1-3-5-11/h1-5,8-9,21H,6-7,10H2,(H,20,22). The molecule has 0 heterocycles. The fraction of sp³-hybridized carbons (Fsp3) is 0.188. The Kier molecular flexibility index (Phi) is 6.37. The van der Waals surface area contributed by atoms with Crippen LogP contribution in [0.2, 0.25) is 15.1 Å². The Morgan fingerprint density at radius 2 is 1.64 bits per heavy atom. The quantitative estimate of drug-likeness (QED) is 0.752. The molecule has 0 saturated heterocycles. The minimum absolute atomic E-state index is 0.113. The minimum Gasteiger partial charge on any atom is -0.375 e. The zero-order chi connectivity index (χ0) is 15.9. The van der Waals surface area contributed by atoms with Gasteiger partial charge in [-0.3, -0.25) is 4.79 Å². The van der Waals surface area contributed by atoms with Gasteiger partial charge < -0.3 is 10.6 Å². The van der Waals surface area contributed by atoms with E-state index >= 15 is 0 Å². The first-order valence-corrected chi connectivity index (χ1v) is 7.88. The largest absolute Gasteiger partial charge is 0.375 e. The SMILES string of the molecule is O=C(CNc1cc(Cl)c(Cl)cc1Cl)NCCc1ccccc1. The fourth-order valence-corrected chi connectivity index (χ4v) is 2.50. The molecule has 0 spiro atoms. The van der Waals surface area contributed by atoms with Crippen LogP contribution in [-0.4, -0.2) is 19.0 Å². The first-order valence-electron chi connectivity index (χ1n) is 6.75. The molecule has 0 aromatic heterocycles. The number of anilines is 1. The van der Waals surface area contributed by atoms with Gasteiger partial charge in [0.2, 0.25) is 5.91 Å². The molecule has 2 rings (SSSR count). The predicted molar refractivity (Wildman–Crippen MR) is 93.1 cm³/mol. The highest BCUT2D eigenvalue weighted by atomic mass is 35.5. The lowest BCUT2D eigenvalue weighted by Gasteiger charge is -2.10. The zero-order valence-corrected chi connectivity index (χ0v) is 14.0. The molecule has 116 valence electrons. The van der Waals surface area contributed by atoms with Gasteiger partial charge in [-0.2, -0.15) is 0 Å². The first kappa shape index (κ1) is 16.9. The molecule has 0 aliphatic heterocycles. The molecule has 0 bridgehead atoms. The predicted octanol–water partition coefficient (Wildman–Crippen LogP) is 4.42. The van der Waals surface area contributed by atoms with Gasteiger partial charge in [0.15, 0.2) is 0 Å². The average Bonchev–Trinajstić information content (AvgIpc) is 2.50.